The van der Waals surface area contributed by atoms with Gasteiger partial charge < -0.3 is 0 Å². The molecule has 1 aliphatic rings. The maximum atomic E-state index is 11.1. The summed E-state index contributed by atoms with van der Waals surface area (Å²) in [7, 11) is 0. The van der Waals surface area contributed by atoms with E-state index < -0.39 is 0 Å². The van der Waals surface area contributed by atoms with E-state index >= 15 is 0 Å². The van der Waals surface area contributed by atoms with Crippen molar-refractivity contribution in [3.8, 4) is 0 Å². The zero-order chi connectivity index (χ0) is 8.43. The van der Waals surface area contributed by atoms with Crippen molar-refractivity contribution in [3.05, 3.63) is 0 Å². The van der Waals surface area contributed by atoms with Crippen LogP contribution in [0.15, 0.2) is 0 Å². The van der Waals surface area contributed by atoms with Crippen LogP contribution in [-0.4, -0.2) is 11.8 Å². The Hall–Kier alpha value is -0.860. The first kappa shape index (κ1) is 8.24. The molecule has 1 fully saturated rings. The number of imide groups is 1. The third kappa shape index (κ3) is 1.79. The molecule has 2 amide bonds. The van der Waals surface area contributed by atoms with Gasteiger partial charge >= 0.3 is 0 Å². The fraction of sp³-hybridized carbons (Fsp3) is 0.750. The second-order valence-electron chi connectivity index (χ2n) is 3.30. The molecule has 1 saturated heterocycles. The van der Waals surface area contributed by atoms with Gasteiger partial charge in [0.15, 0.2) is 0 Å². The van der Waals surface area contributed by atoms with Crippen LogP contribution in [0.1, 0.15) is 26.7 Å². The van der Waals surface area contributed by atoms with Crippen molar-refractivity contribution in [2.24, 2.45) is 11.8 Å². The molecule has 0 aromatic heterocycles. The Bertz CT molecular complexity index is 187. The summed E-state index contributed by atoms with van der Waals surface area (Å²) in [6, 6.07) is 0. The molecule has 0 bridgehead atoms. The third-order valence-corrected chi connectivity index (χ3v) is 2.09. The Morgan fingerprint density at radius 2 is 2.09 bits per heavy atom. The second kappa shape index (κ2) is 3.03. The molecule has 1 N–H and O–H groups in total. The molecule has 0 aromatic rings. The topological polar surface area (TPSA) is 46.2 Å². The predicted octanol–water partition coefficient (Wildman–Crippen LogP) is 0.695. The monoisotopic (exact) mass is 155 g/mol. The normalized spacial score (nSPS) is 25.5. The van der Waals surface area contributed by atoms with Crippen LogP contribution in [0.4, 0.5) is 0 Å². The van der Waals surface area contributed by atoms with Gasteiger partial charge in [-0.25, -0.2) is 0 Å². The molecular weight excluding hydrogens is 142 g/mol. The van der Waals surface area contributed by atoms with Gasteiger partial charge in [0, 0.05) is 12.3 Å². The van der Waals surface area contributed by atoms with Gasteiger partial charge in [0.05, 0.1) is 0 Å². The molecule has 0 aromatic carbocycles. The first-order valence-corrected chi connectivity index (χ1v) is 3.95. The van der Waals surface area contributed by atoms with Crippen LogP contribution in [0.25, 0.3) is 0 Å². The quantitative estimate of drug-likeness (QED) is 0.566. The summed E-state index contributed by atoms with van der Waals surface area (Å²) < 4.78 is 0. The first-order chi connectivity index (χ1) is 5.11. The Morgan fingerprint density at radius 3 is 2.55 bits per heavy atom. The summed E-state index contributed by atoms with van der Waals surface area (Å²) in [5.41, 5.74) is 0. The average Bonchev–Trinajstić information content (AvgIpc) is 1.85. The van der Waals surface area contributed by atoms with E-state index in [1.54, 1.807) is 0 Å². The smallest absolute Gasteiger partial charge is 0.229 e. The lowest BCUT2D eigenvalue weighted by Gasteiger charge is -2.23. The maximum absolute atomic E-state index is 11.1. The molecule has 0 saturated carbocycles. The minimum absolute atomic E-state index is 0.0349. The maximum Gasteiger partial charge on any atom is 0.229 e. The lowest BCUT2D eigenvalue weighted by molar-refractivity contribution is -0.137. The number of piperidine rings is 1. The van der Waals surface area contributed by atoms with Crippen LogP contribution in [0.5, 0.6) is 0 Å². The second-order valence-corrected chi connectivity index (χ2v) is 3.30. The summed E-state index contributed by atoms with van der Waals surface area (Å²) in [4.78, 5) is 21.8. The van der Waals surface area contributed by atoms with Gasteiger partial charge in [-0.15, -0.1) is 0 Å². The van der Waals surface area contributed by atoms with Crippen LogP contribution in [-0.2, 0) is 9.59 Å². The molecule has 11 heavy (non-hydrogen) atoms. The largest absolute Gasteiger partial charge is 0.296 e. The fourth-order valence-corrected chi connectivity index (χ4v) is 1.35. The number of carbonyl (C=O) groups excluding carboxylic acids is 2. The standard InChI is InChI=1S/C8H13NO2/c1-5(2)6-3-4-7(10)9-8(6)11/h5-6H,3-4H2,1-2H3,(H,9,10,11). The van der Waals surface area contributed by atoms with Crippen LogP contribution < -0.4 is 5.32 Å². The minimum atomic E-state index is -0.132. The fourth-order valence-electron chi connectivity index (χ4n) is 1.35. The van der Waals surface area contributed by atoms with E-state index in [0.29, 0.717) is 18.8 Å². The minimum Gasteiger partial charge on any atom is -0.296 e. The predicted molar refractivity (Wildman–Crippen MR) is 40.7 cm³/mol. The molecule has 1 unspecified atom stereocenters. The first-order valence-electron chi connectivity index (χ1n) is 3.95. The lowest BCUT2D eigenvalue weighted by Crippen LogP contribution is -2.42. The molecule has 1 atom stereocenters. The van der Waals surface area contributed by atoms with Crippen molar-refractivity contribution in [1.82, 2.24) is 5.32 Å². The highest BCUT2D eigenvalue weighted by atomic mass is 16.2. The highest BCUT2D eigenvalue weighted by Crippen LogP contribution is 2.20. The molecule has 3 heteroatoms. The zero-order valence-electron chi connectivity index (χ0n) is 6.89. The summed E-state index contributed by atoms with van der Waals surface area (Å²) >= 11 is 0. The molecular formula is C8H13NO2. The Balaban J connectivity index is 2.57. The van der Waals surface area contributed by atoms with Gasteiger partial charge in [-0.2, -0.15) is 0 Å². The molecule has 0 radical (unpaired) electrons. The SMILES string of the molecule is CC(C)C1CCC(=O)NC1=O. The molecule has 3 nitrogen and oxygen atoms in total. The van der Waals surface area contributed by atoms with Crippen molar-refractivity contribution in [3.63, 3.8) is 0 Å². The van der Waals surface area contributed by atoms with Gasteiger partial charge in [-0.3, -0.25) is 14.9 Å². The summed E-state index contributed by atoms with van der Waals surface area (Å²) in [5, 5.41) is 2.33. The molecule has 1 rings (SSSR count). The van der Waals surface area contributed by atoms with E-state index in [9.17, 15) is 9.59 Å². The van der Waals surface area contributed by atoms with Crippen molar-refractivity contribution < 1.29 is 9.59 Å². The van der Waals surface area contributed by atoms with Gasteiger partial charge in [0.1, 0.15) is 0 Å². The Morgan fingerprint density at radius 1 is 1.45 bits per heavy atom. The lowest BCUT2D eigenvalue weighted by atomic mass is 9.88. The van der Waals surface area contributed by atoms with Crippen molar-refractivity contribution >= 4 is 11.8 Å². The van der Waals surface area contributed by atoms with E-state index in [-0.39, 0.29) is 17.7 Å². The van der Waals surface area contributed by atoms with Gasteiger partial charge in [-0.1, -0.05) is 13.8 Å². The summed E-state index contributed by atoms with van der Waals surface area (Å²) in [6.07, 6.45) is 1.21. The van der Waals surface area contributed by atoms with E-state index in [2.05, 4.69) is 5.32 Å². The molecule has 1 heterocycles. The molecule has 0 spiro atoms. The highest BCUT2D eigenvalue weighted by molar-refractivity contribution is 5.98. The highest BCUT2D eigenvalue weighted by Gasteiger charge is 2.28. The van der Waals surface area contributed by atoms with Crippen molar-refractivity contribution in [2.75, 3.05) is 0 Å². The summed E-state index contributed by atoms with van der Waals surface area (Å²) in [6.45, 7) is 4.00. The van der Waals surface area contributed by atoms with Crippen molar-refractivity contribution in [2.45, 2.75) is 26.7 Å². The number of hydrogen-bond acceptors (Lipinski definition) is 2. The van der Waals surface area contributed by atoms with Crippen LogP contribution in [0.3, 0.4) is 0 Å². The van der Waals surface area contributed by atoms with Gasteiger partial charge in [-0.05, 0) is 12.3 Å². The van der Waals surface area contributed by atoms with E-state index in [1.165, 1.54) is 0 Å². The molecule has 1 aliphatic heterocycles. The van der Waals surface area contributed by atoms with E-state index in [1.807, 2.05) is 13.8 Å². The number of amides is 2. The van der Waals surface area contributed by atoms with Crippen molar-refractivity contribution in [1.29, 1.82) is 0 Å². The van der Waals surface area contributed by atoms with Crippen LogP contribution in [0.2, 0.25) is 0 Å². The number of hydrogen-bond donors (Lipinski definition) is 1. The Labute approximate surface area is 66.2 Å². The molecule has 62 valence electrons. The van der Waals surface area contributed by atoms with Gasteiger partial charge in [0.25, 0.3) is 0 Å². The van der Waals surface area contributed by atoms with Gasteiger partial charge in [0.2, 0.25) is 11.8 Å². The average molecular weight is 155 g/mol. The van der Waals surface area contributed by atoms with E-state index in [0.717, 1.165) is 0 Å². The zero-order valence-corrected chi connectivity index (χ0v) is 6.89. The third-order valence-electron chi connectivity index (χ3n) is 2.09. The summed E-state index contributed by atoms with van der Waals surface area (Å²) in [5.74, 6) is 0.138. The Kier molecular flexibility index (Phi) is 2.27. The van der Waals surface area contributed by atoms with Crippen LogP contribution >= 0.6 is 0 Å². The number of rotatable bonds is 1. The van der Waals surface area contributed by atoms with E-state index in [4.69, 9.17) is 0 Å². The number of nitrogens with one attached hydrogen (secondary N) is 1. The number of carbonyl (C=O) groups is 2. The van der Waals surface area contributed by atoms with Crippen LogP contribution in [0, 0.1) is 11.8 Å². The molecule has 0 aliphatic carbocycles.